The van der Waals surface area contributed by atoms with E-state index in [9.17, 15) is 4.79 Å². The van der Waals surface area contributed by atoms with Crippen LogP contribution in [0.2, 0.25) is 0 Å². The molecule has 134 valence electrons. The molecule has 0 aromatic heterocycles. The van der Waals surface area contributed by atoms with E-state index in [1.807, 2.05) is 55.5 Å². The number of amides is 2. The van der Waals surface area contributed by atoms with Crippen molar-refractivity contribution in [1.29, 1.82) is 0 Å². The summed E-state index contributed by atoms with van der Waals surface area (Å²) in [6.45, 7) is 3.78. The molecular formula is C20H26N2O3. The van der Waals surface area contributed by atoms with Crippen molar-refractivity contribution in [3.05, 3.63) is 59.7 Å². The summed E-state index contributed by atoms with van der Waals surface area (Å²) in [7, 11) is 1.65. The Labute approximate surface area is 149 Å². The summed E-state index contributed by atoms with van der Waals surface area (Å²) < 4.78 is 10.8. The van der Waals surface area contributed by atoms with Crippen molar-refractivity contribution < 1.29 is 14.3 Å². The minimum absolute atomic E-state index is 0.154. The van der Waals surface area contributed by atoms with Gasteiger partial charge in [-0.25, -0.2) is 4.79 Å². The van der Waals surface area contributed by atoms with Crippen molar-refractivity contribution in [3.63, 3.8) is 0 Å². The van der Waals surface area contributed by atoms with E-state index >= 15 is 0 Å². The predicted molar refractivity (Wildman–Crippen MR) is 99.4 cm³/mol. The Morgan fingerprint density at radius 3 is 2.52 bits per heavy atom. The third kappa shape index (κ3) is 7.16. The lowest BCUT2D eigenvalue weighted by Gasteiger charge is -2.09. The number of carbonyl (C=O) groups excluding carboxylic acids is 1. The summed E-state index contributed by atoms with van der Waals surface area (Å²) in [6, 6.07) is 15.6. The van der Waals surface area contributed by atoms with Crippen LogP contribution in [-0.2, 0) is 6.42 Å². The molecule has 2 rings (SSSR count). The van der Waals surface area contributed by atoms with Crippen molar-refractivity contribution in [3.8, 4) is 11.5 Å². The van der Waals surface area contributed by atoms with Crippen LogP contribution in [0.15, 0.2) is 48.5 Å². The number of hydrogen-bond acceptors (Lipinski definition) is 3. The van der Waals surface area contributed by atoms with E-state index in [2.05, 4.69) is 10.6 Å². The van der Waals surface area contributed by atoms with Gasteiger partial charge in [0.25, 0.3) is 0 Å². The molecule has 5 nitrogen and oxygen atoms in total. The first-order valence-corrected chi connectivity index (χ1v) is 8.51. The second-order valence-corrected chi connectivity index (χ2v) is 5.80. The van der Waals surface area contributed by atoms with Crippen molar-refractivity contribution in [2.75, 3.05) is 26.8 Å². The van der Waals surface area contributed by atoms with Gasteiger partial charge in [-0.15, -0.1) is 0 Å². The van der Waals surface area contributed by atoms with Gasteiger partial charge >= 0.3 is 6.03 Å². The quantitative estimate of drug-likeness (QED) is 0.687. The Morgan fingerprint density at radius 2 is 1.76 bits per heavy atom. The number of rotatable bonds is 9. The fourth-order valence-corrected chi connectivity index (χ4v) is 2.31. The van der Waals surface area contributed by atoms with Crippen LogP contribution in [0.3, 0.4) is 0 Å². The van der Waals surface area contributed by atoms with E-state index in [1.165, 1.54) is 5.56 Å². The molecule has 2 N–H and O–H groups in total. The van der Waals surface area contributed by atoms with Crippen LogP contribution >= 0.6 is 0 Å². The molecule has 0 atom stereocenters. The molecule has 0 radical (unpaired) electrons. The van der Waals surface area contributed by atoms with Crippen molar-refractivity contribution in [2.24, 2.45) is 0 Å². The van der Waals surface area contributed by atoms with Crippen LogP contribution in [0.4, 0.5) is 4.79 Å². The monoisotopic (exact) mass is 342 g/mol. The summed E-state index contributed by atoms with van der Waals surface area (Å²) in [5.41, 5.74) is 2.34. The second-order valence-electron chi connectivity index (χ2n) is 5.80. The van der Waals surface area contributed by atoms with Gasteiger partial charge in [0.05, 0.1) is 13.7 Å². The number of carbonyl (C=O) groups is 1. The zero-order valence-corrected chi connectivity index (χ0v) is 14.9. The Balaban J connectivity index is 1.54. The minimum atomic E-state index is -0.154. The normalized spacial score (nSPS) is 10.2. The van der Waals surface area contributed by atoms with Crippen LogP contribution in [-0.4, -0.2) is 32.8 Å². The molecular weight excluding hydrogens is 316 g/mol. The first-order valence-electron chi connectivity index (χ1n) is 8.51. The molecule has 0 aliphatic carbocycles. The van der Waals surface area contributed by atoms with E-state index in [0.717, 1.165) is 29.9 Å². The first-order chi connectivity index (χ1) is 12.2. The average molecular weight is 342 g/mol. The summed E-state index contributed by atoms with van der Waals surface area (Å²) in [5, 5.41) is 5.68. The van der Waals surface area contributed by atoms with E-state index in [-0.39, 0.29) is 6.03 Å². The van der Waals surface area contributed by atoms with E-state index in [4.69, 9.17) is 9.47 Å². The van der Waals surface area contributed by atoms with Crippen molar-refractivity contribution >= 4 is 6.03 Å². The number of aryl methyl sites for hydroxylation is 1. The van der Waals surface area contributed by atoms with Crippen LogP contribution in [0, 0.1) is 6.92 Å². The maximum atomic E-state index is 11.7. The highest BCUT2D eigenvalue weighted by molar-refractivity contribution is 5.73. The van der Waals surface area contributed by atoms with Crippen LogP contribution in [0.1, 0.15) is 17.5 Å². The molecule has 0 spiro atoms. The predicted octanol–water partition coefficient (Wildman–Crippen LogP) is 3.31. The van der Waals surface area contributed by atoms with Gasteiger partial charge in [-0.1, -0.05) is 29.8 Å². The highest BCUT2D eigenvalue weighted by Gasteiger charge is 2.01. The first kappa shape index (κ1) is 18.6. The lowest BCUT2D eigenvalue weighted by molar-refractivity contribution is 0.239. The van der Waals surface area contributed by atoms with E-state index in [1.54, 1.807) is 7.11 Å². The van der Waals surface area contributed by atoms with Crippen molar-refractivity contribution in [2.45, 2.75) is 19.8 Å². The van der Waals surface area contributed by atoms with Gasteiger partial charge in [0.15, 0.2) is 0 Å². The third-order valence-corrected chi connectivity index (χ3v) is 3.73. The van der Waals surface area contributed by atoms with Gasteiger partial charge in [0.2, 0.25) is 0 Å². The van der Waals surface area contributed by atoms with Gasteiger partial charge in [0.1, 0.15) is 11.5 Å². The zero-order valence-electron chi connectivity index (χ0n) is 14.9. The molecule has 0 saturated carbocycles. The summed E-state index contributed by atoms with van der Waals surface area (Å²) in [4.78, 5) is 11.7. The largest absolute Gasteiger partial charge is 0.497 e. The van der Waals surface area contributed by atoms with Gasteiger partial charge in [-0.05, 0) is 49.6 Å². The average Bonchev–Trinajstić information content (AvgIpc) is 2.63. The molecule has 0 fully saturated rings. The molecule has 0 bridgehead atoms. The van der Waals surface area contributed by atoms with Crippen molar-refractivity contribution in [1.82, 2.24) is 10.6 Å². The topological polar surface area (TPSA) is 59.6 Å². The van der Waals surface area contributed by atoms with Gasteiger partial charge in [-0.3, -0.25) is 0 Å². The number of hydrogen-bond donors (Lipinski definition) is 2. The molecule has 2 amide bonds. The number of benzene rings is 2. The second kappa shape index (κ2) is 10.2. The van der Waals surface area contributed by atoms with Gasteiger partial charge in [-0.2, -0.15) is 0 Å². The number of ether oxygens (including phenoxy) is 2. The number of urea groups is 1. The van der Waals surface area contributed by atoms with Gasteiger partial charge in [0, 0.05) is 13.1 Å². The van der Waals surface area contributed by atoms with E-state index < -0.39 is 0 Å². The lowest BCUT2D eigenvalue weighted by atomic mass is 10.1. The molecule has 0 aliphatic heterocycles. The standard InChI is InChI=1S/C20H26N2O3/c1-16-7-9-18(10-8-16)25-14-4-12-21-20(23)22-13-11-17-5-3-6-19(15-17)24-2/h3,5-10,15H,4,11-14H2,1-2H3,(H2,21,22,23). The van der Waals surface area contributed by atoms with Crippen LogP contribution < -0.4 is 20.1 Å². The lowest BCUT2D eigenvalue weighted by Crippen LogP contribution is -2.37. The minimum Gasteiger partial charge on any atom is -0.497 e. The molecule has 0 saturated heterocycles. The molecule has 0 heterocycles. The molecule has 2 aromatic rings. The molecule has 0 unspecified atom stereocenters. The Bertz CT molecular complexity index is 656. The molecule has 0 aliphatic rings. The Hall–Kier alpha value is -2.69. The Kier molecular flexibility index (Phi) is 7.63. The zero-order chi connectivity index (χ0) is 17.9. The smallest absolute Gasteiger partial charge is 0.314 e. The summed E-state index contributed by atoms with van der Waals surface area (Å²) >= 11 is 0. The maximum absolute atomic E-state index is 11.7. The summed E-state index contributed by atoms with van der Waals surface area (Å²) in [5.74, 6) is 1.68. The molecule has 2 aromatic carbocycles. The number of methoxy groups -OCH3 is 1. The van der Waals surface area contributed by atoms with Crippen LogP contribution in [0.25, 0.3) is 0 Å². The van der Waals surface area contributed by atoms with Crippen LogP contribution in [0.5, 0.6) is 11.5 Å². The highest BCUT2D eigenvalue weighted by Crippen LogP contribution is 2.12. The number of nitrogens with one attached hydrogen (secondary N) is 2. The summed E-state index contributed by atoms with van der Waals surface area (Å²) in [6.07, 6.45) is 1.53. The fraction of sp³-hybridized carbons (Fsp3) is 0.350. The van der Waals surface area contributed by atoms with Gasteiger partial charge < -0.3 is 20.1 Å². The van der Waals surface area contributed by atoms with E-state index in [0.29, 0.717) is 19.7 Å². The third-order valence-electron chi connectivity index (χ3n) is 3.73. The molecule has 5 heteroatoms. The highest BCUT2D eigenvalue weighted by atomic mass is 16.5. The maximum Gasteiger partial charge on any atom is 0.314 e. The Morgan fingerprint density at radius 1 is 1.00 bits per heavy atom. The SMILES string of the molecule is COc1cccc(CCNC(=O)NCCCOc2ccc(C)cc2)c1. The molecule has 25 heavy (non-hydrogen) atoms. The fourth-order valence-electron chi connectivity index (χ4n) is 2.31.